The van der Waals surface area contributed by atoms with Crippen molar-refractivity contribution in [1.29, 1.82) is 0 Å². The Morgan fingerprint density at radius 3 is 1.90 bits per heavy atom. The molecule has 108 valence electrons. The van der Waals surface area contributed by atoms with Crippen molar-refractivity contribution in [1.82, 2.24) is 0 Å². The molecule has 0 fully saturated rings. The normalized spacial score (nSPS) is 11.7. The first-order chi connectivity index (χ1) is 9.97. The minimum Gasteiger partial charge on any atom is -0.478 e. The number of rotatable bonds is 4. The first kappa shape index (κ1) is 15.0. The van der Waals surface area contributed by atoms with E-state index in [2.05, 4.69) is 13.8 Å². The van der Waals surface area contributed by atoms with E-state index in [-0.39, 0.29) is 5.82 Å². The molecule has 0 saturated carbocycles. The average Bonchev–Trinajstić information content (AvgIpc) is 2.46. The fourth-order valence-electron chi connectivity index (χ4n) is 2.13. The molecular formula is C18H17FO2. The number of aliphatic carboxylic acids is 1. The van der Waals surface area contributed by atoms with Crippen molar-refractivity contribution in [2.75, 3.05) is 0 Å². The molecule has 0 saturated heterocycles. The molecule has 0 bridgehead atoms. The van der Waals surface area contributed by atoms with Gasteiger partial charge in [-0.05, 0) is 40.3 Å². The van der Waals surface area contributed by atoms with E-state index in [4.69, 9.17) is 5.11 Å². The van der Waals surface area contributed by atoms with Gasteiger partial charge in [0.15, 0.2) is 0 Å². The SMILES string of the molecule is CC(C)c1ccc(/C(=C/C(=O)O)c2ccc(F)cc2)cc1. The molecule has 0 aliphatic heterocycles. The van der Waals surface area contributed by atoms with Crippen LogP contribution in [0, 0.1) is 5.82 Å². The molecule has 0 atom stereocenters. The molecule has 0 amide bonds. The molecular weight excluding hydrogens is 267 g/mol. The summed E-state index contributed by atoms with van der Waals surface area (Å²) in [5.74, 6) is -0.956. The molecule has 0 spiro atoms. The van der Waals surface area contributed by atoms with Gasteiger partial charge in [0.2, 0.25) is 0 Å². The zero-order valence-corrected chi connectivity index (χ0v) is 12.0. The van der Waals surface area contributed by atoms with Crippen LogP contribution in [0.1, 0.15) is 36.5 Å². The van der Waals surface area contributed by atoms with Gasteiger partial charge < -0.3 is 5.11 Å². The summed E-state index contributed by atoms with van der Waals surface area (Å²) in [6, 6.07) is 13.6. The predicted octanol–water partition coefficient (Wildman–Crippen LogP) is 4.47. The summed E-state index contributed by atoms with van der Waals surface area (Å²) in [6.07, 6.45) is 1.15. The van der Waals surface area contributed by atoms with Gasteiger partial charge in [0, 0.05) is 6.08 Å². The van der Waals surface area contributed by atoms with Crippen molar-refractivity contribution in [2.45, 2.75) is 19.8 Å². The van der Waals surface area contributed by atoms with Crippen LogP contribution in [-0.2, 0) is 4.79 Å². The van der Waals surface area contributed by atoms with Gasteiger partial charge in [0.25, 0.3) is 0 Å². The van der Waals surface area contributed by atoms with Gasteiger partial charge in [0.05, 0.1) is 0 Å². The second-order valence-electron chi connectivity index (χ2n) is 5.18. The maximum absolute atomic E-state index is 13.0. The van der Waals surface area contributed by atoms with Gasteiger partial charge in [-0.3, -0.25) is 0 Å². The van der Waals surface area contributed by atoms with Gasteiger partial charge in [-0.2, -0.15) is 0 Å². The van der Waals surface area contributed by atoms with E-state index >= 15 is 0 Å². The maximum Gasteiger partial charge on any atom is 0.328 e. The number of carboxylic acids is 1. The Kier molecular flexibility index (Phi) is 4.53. The Morgan fingerprint density at radius 1 is 1.00 bits per heavy atom. The monoisotopic (exact) mass is 284 g/mol. The summed E-state index contributed by atoms with van der Waals surface area (Å²) in [6.45, 7) is 4.20. The number of carboxylic acid groups (broad SMARTS) is 1. The molecule has 1 N–H and O–H groups in total. The van der Waals surface area contributed by atoms with Crippen molar-refractivity contribution in [2.24, 2.45) is 0 Å². The Morgan fingerprint density at radius 2 is 1.48 bits per heavy atom. The van der Waals surface area contributed by atoms with E-state index in [1.165, 1.54) is 17.7 Å². The van der Waals surface area contributed by atoms with Crippen molar-refractivity contribution in [3.8, 4) is 0 Å². The van der Waals surface area contributed by atoms with E-state index in [0.29, 0.717) is 17.1 Å². The second-order valence-corrected chi connectivity index (χ2v) is 5.18. The van der Waals surface area contributed by atoms with Crippen LogP contribution in [-0.4, -0.2) is 11.1 Å². The molecule has 0 aliphatic carbocycles. The summed E-state index contributed by atoms with van der Waals surface area (Å²) >= 11 is 0. The molecule has 2 aromatic carbocycles. The van der Waals surface area contributed by atoms with Crippen LogP contribution in [0.5, 0.6) is 0 Å². The van der Waals surface area contributed by atoms with Crippen molar-refractivity contribution in [3.05, 3.63) is 77.1 Å². The van der Waals surface area contributed by atoms with E-state index in [9.17, 15) is 9.18 Å². The van der Waals surface area contributed by atoms with Gasteiger partial charge in [0.1, 0.15) is 5.82 Å². The number of hydrogen-bond donors (Lipinski definition) is 1. The number of hydrogen-bond acceptors (Lipinski definition) is 1. The highest BCUT2D eigenvalue weighted by molar-refractivity contribution is 5.95. The predicted molar refractivity (Wildman–Crippen MR) is 81.6 cm³/mol. The van der Waals surface area contributed by atoms with Crippen LogP contribution in [0.2, 0.25) is 0 Å². The van der Waals surface area contributed by atoms with E-state index in [1.54, 1.807) is 12.1 Å². The molecule has 0 heterocycles. The Hall–Kier alpha value is -2.42. The zero-order chi connectivity index (χ0) is 15.4. The Labute approximate surface area is 123 Å². The summed E-state index contributed by atoms with van der Waals surface area (Å²) in [5.41, 5.74) is 3.23. The first-order valence-corrected chi connectivity index (χ1v) is 6.78. The first-order valence-electron chi connectivity index (χ1n) is 6.78. The lowest BCUT2D eigenvalue weighted by molar-refractivity contribution is -0.131. The summed E-state index contributed by atoms with van der Waals surface area (Å²) in [4.78, 5) is 11.0. The fraction of sp³-hybridized carbons (Fsp3) is 0.167. The highest BCUT2D eigenvalue weighted by Crippen LogP contribution is 2.25. The molecule has 2 aromatic rings. The molecule has 0 unspecified atom stereocenters. The van der Waals surface area contributed by atoms with Crippen LogP contribution in [0.3, 0.4) is 0 Å². The molecule has 0 aromatic heterocycles. The molecule has 21 heavy (non-hydrogen) atoms. The molecule has 0 aliphatic rings. The Bertz CT molecular complexity index is 653. The minimum atomic E-state index is -1.03. The molecule has 2 nitrogen and oxygen atoms in total. The van der Waals surface area contributed by atoms with Gasteiger partial charge in [-0.15, -0.1) is 0 Å². The maximum atomic E-state index is 13.0. The quantitative estimate of drug-likeness (QED) is 0.841. The molecule has 2 rings (SSSR count). The standard InChI is InChI=1S/C18H17FO2/c1-12(2)13-3-5-14(6-4-13)17(11-18(20)21)15-7-9-16(19)10-8-15/h3-12H,1-2H3,(H,20,21)/b17-11-. The van der Waals surface area contributed by atoms with Crippen molar-refractivity contribution < 1.29 is 14.3 Å². The lowest BCUT2D eigenvalue weighted by atomic mass is 9.94. The van der Waals surface area contributed by atoms with Crippen LogP contribution in [0.25, 0.3) is 5.57 Å². The summed E-state index contributed by atoms with van der Waals surface area (Å²) < 4.78 is 13.0. The third kappa shape index (κ3) is 3.78. The molecule has 3 heteroatoms. The lowest BCUT2D eigenvalue weighted by Crippen LogP contribution is -1.96. The second kappa shape index (κ2) is 6.35. The summed E-state index contributed by atoms with van der Waals surface area (Å²) in [5, 5.41) is 9.05. The van der Waals surface area contributed by atoms with E-state index < -0.39 is 5.97 Å². The average molecular weight is 284 g/mol. The largest absolute Gasteiger partial charge is 0.478 e. The Balaban J connectivity index is 2.46. The topological polar surface area (TPSA) is 37.3 Å². The highest BCUT2D eigenvalue weighted by atomic mass is 19.1. The van der Waals surface area contributed by atoms with Gasteiger partial charge in [-0.25, -0.2) is 9.18 Å². The van der Waals surface area contributed by atoms with E-state index in [1.807, 2.05) is 24.3 Å². The third-order valence-corrected chi connectivity index (χ3v) is 3.31. The number of benzene rings is 2. The fourth-order valence-corrected chi connectivity index (χ4v) is 2.13. The van der Waals surface area contributed by atoms with Crippen LogP contribution < -0.4 is 0 Å². The van der Waals surface area contributed by atoms with Crippen molar-refractivity contribution in [3.63, 3.8) is 0 Å². The zero-order valence-electron chi connectivity index (χ0n) is 12.0. The van der Waals surface area contributed by atoms with Crippen LogP contribution in [0.15, 0.2) is 54.6 Å². The smallest absolute Gasteiger partial charge is 0.328 e. The van der Waals surface area contributed by atoms with Crippen LogP contribution >= 0.6 is 0 Å². The lowest BCUT2D eigenvalue weighted by Gasteiger charge is -2.10. The highest BCUT2D eigenvalue weighted by Gasteiger charge is 2.08. The minimum absolute atomic E-state index is 0.344. The van der Waals surface area contributed by atoms with Gasteiger partial charge >= 0.3 is 5.97 Å². The molecule has 0 radical (unpaired) electrons. The van der Waals surface area contributed by atoms with Crippen molar-refractivity contribution >= 4 is 11.5 Å². The third-order valence-electron chi connectivity index (χ3n) is 3.31. The van der Waals surface area contributed by atoms with Crippen LogP contribution in [0.4, 0.5) is 4.39 Å². The summed E-state index contributed by atoms with van der Waals surface area (Å²) in [7, 11) is 0. The number of carbonyl (C=O) groups is 1. The number of halogens is 1. The van der Waals surface area contributed by atoms with E-state index in [0.717, 1.165) is 11.6 Å². The van der Waals surface area contributed by atoms with Gasteiger partial charge in [-0.1, -0.05) is 50.2 Å².